The largest absolute Gasteiger partial charge is 0.391 e. The molecule has 3 fully saturated rings. The van der Waals surface area contributed by atoms with Gasteiger partial charge < -0.3 is 14.9 Å². The molecule has 2 N–H and O–H groups in total. The molecule has 1 aromatic carbocycles. The van der Waals surface area contributed by atoms with Gasteiger partial charge in [0.15, 0.2) is 5.69 Å². The van der Waals surface area contributed by atoms with Crippen LogP contribution in [0.2, 0.25) is 0 Å². The molecule has 2 saturated heterocycles. The summed E-state index contributed by atoms with van der Waals surface area (Å²) in [6.45, 7) is 0.892. The molecule has 2 bridgehead atoms. The normalized spacial score (nSPS) is 28.2. The highest BCUT2D eigenvalue weighted by molar-refractivity contribution is 6.05. The SMILES string of the molecule is O=C1CCC(N2Cc3ccc(-n4cc(C(=O)N5CCC6CCC(O)C5C6)nn4)cc3C2=O)C(=O)N1. The molecule has 0 radical (unpaired) electrons. The van der Waals surface area contributed by atoms with Crippen LogP contribution in [0.5, 0.6) is 0 Å². The fourth-order valence-corrected chi connectivity index (χ4v) is 5.87. The number of nitrogens with one attached hydrogen (secondary N) is 1. The van der Waals surface area contributed by atoms with E-state index in [1.807, 2.05) is 0 Å². The summed E-state index contributed by atoms with van der Waals surface area (Å²) < 4.78 is 1.46. The molecular formula is C24H26N6O5. The van der Waals surface area contributed by atoms with Crippen LogP contribution in [0, 0.1) is 5.92 Å². The van der Waals surface area contributed by atoms with Gasteiger partial charge in [-0.2, -0.15) is 0 Å². The van der Waals surface area contributed by atoms with Crippen molar-refractivity contribution in [3.05, 3.63) is 41.2 Å². The van der Waals surface area contributed by atoms with E-state index >= 15 is 0 Å². The Morgan fingerprint density at radius 3 is 2.80 bits per heavy atom. The minimum absolute atomic E-state index is 0.184. The van der Waals surface area contributed by atoms with Gasteiger partial charge in [0.05, 0.1) is 24.0 Å². The third-order valence-corrected chi connectivity index (χ3v) is 7.82. The summed E-state index contributed by atoms with van der Waals surface area (Å²) in [5, 5.41) is 20.9. The maximum atomic E-state index is 13.2. The van der Waals surface area contributed by atoms with E-state index in [2.05, 4.69) is 15.6 Å². The van der Waals surface area contributed by atoms with Crippen molar-refractivity contribution in [2.24, 2.45) is 5.92 Å². The van der Waals surface area contributed by atoms with Crippen molar-refractivity contribution in [3.8, 4) is 5.69 Å². The molecule has 35 heavy (non-hydrogen) atoms. The van der Waals surface area contributed by atoms with Crippen molar-refractivity contribution in [2.75, 3.05) is 6.54 Å². The Morgan fingerprint density at radius 2 is 1.97 bits per heavy atom. The van der Waals surface area contributed by atoms with E-state index < -0.39 is 18.1 Å². The Morgan fingerprint density at radius 1 is 1.11 bits per heavy atom. The minimum Gasteiger partial charge on any atom is -0.391 e. The first-order valence-electron chi connectivity index (χ1n) is 12.1. The van der Waals surface area contributed by atoms with Gasteiger partial charge in [0.25, 0.3) is 11.8 Å². The summed E-state index contributed by atoms with van der Waals surface area (Å²) in [5.74, 6) is -0.735. The molecule has 1 aliphatic carbocycles. The summed E-state index contributed by atoms with van der Waals surface area (Å²) in [5.41, 5.74) is 2.01. The summed E-state index contributed by atoms with van der Waals surface area (Å²) in [4.78, 5) is 53.2. The van der Waals surface area contributed by atoms with Crippen LogP contribution in [0.4, 0.5) is 0 Å². The van der Waals surface area contributed by atoms with Crippen LogP contribution in [0.15, 0.2) is 24.4 Å². The Balaban J connectivity index is 1.21. The number of aromatic nitrogens is 3. The average Bonchev–Trinajstić information content (AvgIpc) is 3.47. The first-order chi connectivity index (χ1) is 16.9. The first kappa shape index (κ1) is 21.9. The molecule has 4 heterocycles. The number of hydrogen-bond acceptors (Lipinski definition) is 7. The summed E-state index contributed by atoms with van der Waals surface area (Å²) in [7, 11) is 0. The van der Waals surface area contributed by atoms with Crippen molar-refractivity contribution in [2.45, 2.75) is 63.3 Å². The Labute approximate surface area is 201 Å². The van der Waals surface area contributed by atoms with Gasteiger partial charge >= 0.3 is 0 Å². The first-order valence-corrected chi connectivity index (χ1v) is 12.1. The smallest absolute Gasteiger partial charge is 0.276 e. The van der Waals surface area contributed by atoms with E-state index in [0.29, 0.717) is 43.1 Å². The molecule has 4 aliphatic rings. The summed E-state index contributed by atoms with van der Waals surface area (Å²) in [6, 6.07) is 4.42. The number of benzene rings is 1. The predicted octanol–water partition coefficient (Wildman–Crippen LogP) is 0.404. The topological polar surface area (TPSA) is 138 Å². The van der Waals surface area contributed by atoms with Crippen LogP contribution in [0.1, 0.15) is 64.9 Å². The molecule has 3 aliphatic heterocycles. The lowest BCUT2D eigenvalue weighted by Gasteiger charge is -2.45. The lowest BCUT2D eigenvalue weighted by molar-refractivity contribution is -0.136. The van der Waals surface area contributed by atoms with Gasteiger partial charge in [0.2, 0.25) is 11.8 Å². The molecule has 4 atom stereocenters. The number of aliphatic hydroxyl groups is 1. The van der Waals surface area contributed by atoms with E-state index in [9.17, 15) is 24.3 Å². The van der Waals surface area contributed by atoms with Crippen LogP contribution in [-0.2, 0) is 16.1 Å². The number of amides is 4. The van der Waals surface area contributed by atoms with Crippen LogP contribution in [-0.4, -0.2) is 78.3 Å². The van der Waals surface area contributed by atoms with E-state index in [1.165, 1.54) is 9.58 Å². The Bertz CT molecular complexity index is 1240. The molecule has 1 saturated carbocycles. The molecule has 11 nitrogen and oxygen atoms in total. The van der Waals surface area contributed by atoms with Gasteiger partial charge in [-0.15, -0.1) is 5.10 Å². The predicted molar refractivity (Wildman–Crippen MR) is 120 cm³/mol. The third kappa shape index (κ3) is 3.70. The zero-order valence-corrected chi connectivity index (χ0v) is 19.1. The van der Waals surface area contributed by atoms with E-state index in [1.54, 1.807) is 29.3 Å². The summed E-state index contributed by atoms with van der Waals surface area (Å²) >= 11 is 0. The lowest BCUT2D eigenvalue weighted by atomic mass is 9.78. The van der Waals surface area contributed by atoms with Gasteiger partial charge in [-0.25, -0.2) is 4.68 Å². The third-order valence-electron chi connectivity index (χ3n) is 7.82. The van der Waals surface area contributed by atoms with Gasteiger partial charge in [-0.3, -0.25) is 24.5 Å². The molecule has 11 heteroatoms. The van der Waals surface area contributed by atoms with E-state index in [4.69, 9.17) is 0 Å². The number of imide groups is 1. The monoisotopic (exact) mass is 478 g/mol. The molecule has 2 aromatic rings. The second kappa shape index (κ2) is 8.26. The van der Waals surface area contributed by atoms with Crippen molar-refractivity contribution < 1.29 is 24.3 Å². The second-order valence-corrected chi connectivity index (χ2v) is 9.89. The number of fused-ring (bicyclic) bond motifs is 3. The number of hydrogen-bond donors (Lipinski definition) is 2. The number of piperidine rings is 2. The van der Waals surface area contributed by atoms with Gasteiger partial charge in [0.1, 0.15) is 6.04 Å². The molecule has 4 unspecified atom stereocenters. The van der Waals surface area contributed by atoms with E-state index in [-0.39, 0.29) is 35.9 Å². The lowest BCUT2D eigenvalue weighted by Crippen LogP contribution is -2.54. The molecule has 0 spiro atoms. The summed E-state index contributed by atoms with van der Waals surface area (Å²) in [6.07, 6.45) is 5.01. The standard InChI is InChI=1S/C24H26N6O5/c31-20-5-1-13-7-8-28(19(20)9-13)24(35)17-12-30(27-26-17)15-3-2-14-11-29(23(34)16(14)10-15)18-4-6-21(32)25-22(18)33/h2-3,10,12-13,18-20,31H,1,4-9,11H2,(H,25,32,33). The maximum Gasteiger partial charge on any atom is 0.276 e. The number of nitrogens with zero attached hydrogens (tertiary/aromatic N) is 5. The molecule has 4 amide bonds. The van der Waals surface area contributed by atoms with Crippen LogP contribution < -0.4 is 5.32 Å². The van der Waals surface area contributed by atoms with Crippen molar-refractivity contribution in [1.82, 2.24) is 30.1 Å². The van der Waals surface area contributed by atoms with Crippen LogP contribution in [0.3, 0.4) is 0 Å². The minimum atomic E-state index is -0.675. The molecular weight excluding hydrogens is 452 g/mol. The van der Waals surface area contributed by atoms with Gasteiger partial charge in [-0.1, -0.05) is 11.3 Å². The Hall–Kier alpha value is -3.60. The quantitative estimate of drug-likeness (QED) is 0.609. The number of carbonyl (C=O) groups excluding carboxylic acids is 4. The average molecular weight is 479 g/mol. The number of rotatable bonds is 3. The maximum absolute atomic E-state index is 13.2. The van der Waals surface area contributed by atoms with Crippen LogP contribution >= 0.6 is 0 Å². The Kier molecular flexibility index (Phi) is 5.17. The second-order valence-electron chi connectivity index (χ2n) is 9.89. The van der Waals surface area contributed by atoms with Crippen LogP contribution in [0.25, 0.3) is 5.69 Å². The van der Waals surface area contributed by atoms with Crippen molar-refractivity contribution in [3.63, 3.8) is 0 Å². The van der Waals surface area contributed by atoms with E-state index in [0.717, 1.165) is 24.8 Å². The van der Waals surface area contributed by atoms with Gasteiger partial charge in [0, 0.05) is 25.1 Å². The number of likely N-dealkylation sites (tertiary alicyclic amines) is 1. The molecule has 1 aromatic heterocycles. The van der Waals surface area contributed by atoms with Gasteiger partial charge in [-0.05, 0) is 55.7 Å². The highest BCUT2D eigenvalue weighted by Gasteiger charge is 2.41. The van der Waals surface area contributed by atoms with Crippen molar-refractivity contribution in [1.29, 1.82) is 0 Å². The fourth-order valence-electron chi connectivity index (χ4n) is 5.87. The zero-order chi connectivity index (χ0) is 24.3. The highest BCUT2D eigenvalue weighted by atomic mass is 16.3. The number of aliphatic hydroxyl groups excluding tert-OH is 1. The highest BCUT2D eigenvalue weighted by Crippen LogP contribution is 2.35. The molecule has 182 valence electrons. The van der Waals surface area contributed by atoms with Crippen molar-refractivity contribution >= 4 is 23.6 Å². The zero-order valence-electron chi connectivity index (χ0n) is 19.1. The number of carbonyl (C=O) groups is 4. The molecule has 6 rings (SSSR count). The fraction of sp³-hybridized carbons (Fsp3) is 0.500.